The minimum Gasteiger partial charge on any atom is -0.376 e. The Morgan fingerprint density at radius 1 is 0.778 bits per heavy atom. The van der Waals surface area contributed by atoms with Gasteiger partial charge >= 0.3 is 0 Å². The molecule has 0 aromatic heterocycles. The summed E-state index contributed by atoms with van der Waals surface area (Å²) in [5.74, 6) is -0.317. The SMILES string of the molecule is CC(NC(=O)c1ccc(NCC(=O)Nc2ccc(C(=O)N3CCCCC3)cc2)cc1)c1ccccc1. The average molecular weight is 485 g/mol. The summed E-state index contributed by atoms with van der Waals surface area (Å²) < 4.78 is 0. The third kappa shape index (κ3) is 6.72. The second-order valence-electron chi connectivity index (χ2n) is 9.02. The number of hydrogen-bond acceptors (Lipinski definition) is 4. The molecule has 1 unspecified atom stereocenters. The number of likely N-dealkylation sites (tertiary alicyclic amines) is 1. The first-order valence-corrected chi connectivity index (χ1v) is 12.4. The topological polar surface area (TPSA) is 90.5 Å². The second kappa shape index (κ2) is 12.0. The number of rotatable bonds is 8. The molecule has 1 heterocycles. The fourth-order valence-corrected chi connectivity index (χ4v) is 4.21. The van der Waals surface area contributed by atoms with Crippen molar-refractivity contribution in [2.24, 2.45) is 0 Å². The molecule has 0 saturated carbocycles. The molecule has 7 nitrogen and oxygen atoms in total. The molecule has 0 spiro atoms. The zero-order valence-corrected chi connectivity index (χ0v) is 20.5. The Hall–Kier alpha value is -4.13. The van der Waals surface area contributed by atoms with Gasteiger partial charge in [-0.15, -0.1) is 0 Å². The van der Waals surface area contributed by atoms with Gasteiger partial charge in [-0.2, -0.15) is 0 Å². The molecule has 7 heteroatoms. The maximum atomic E-state index is 12.6. The van der Waals surface area contributed by atoms with E-state index in [9.17, 15) is 14.4 Å². The number of hydrogen-bond donors (Lipinski definition) is 3. The summed E-state index contributed by atoms with van der Waals surface area (Å²) in [6.45, 7) is 3.63. The molecule has 1 aliphatic rings. The first-order chi connectivity index (χ1) is 17.5. The van der Waals surface area contributed by atoms with Gasteiger partial charge in [-0.25, -0.2) is 0 Å². The molecule has 3 amide bonds. The number of nitrogens with zero attached hydrogens (tertiary/aromatic N) is 1. The van der Waals surface area contributed by atoms with Crippen LogP contribution in [0.25, 0.3) is 0 Å². The summed E-state index contributed by atoms with van der Waals surface area (Å²) in [6, 6.07) is 23.7. The largest absolute Gasteiger partial charge is 0.376 e. The van der Waals surface area contributed by atoms with Crippen LogP contribution in [0.2, 0.25) is 0 Å². The second-order valence-corrected chi connectivity index (χ2v) is 9.02. The lowest BCUT2D eigenvalue weighted by molar-refractivity contribution is -0.114. The minimum absolute atomic E-state index is 0.0425. The number of piperidine rings is 1. The van der Waals surface area contributed by atoms with Gasteiger partial charge in [0.15, 0.2) is 0 Å². The highest BCUT2D eigenvalue weighted by Gasteiger charge is 2.18. The van der Waals surface area contributed by atoms with Crippen LogP contribution in [0.3, 0.4) is 0 Å². The van der Waals surface area contributed by atoms with Gasteiger partial charge in [0.05, 0.1) is 12.6 Å². The third-order valence-electron chi connectivity index (χ3n) is 6.31. The van der Waals surface area contributed by atoms with Crippen molar-refractivity contribution in [3.8, 4) is 0 Å². The first kappa shape index (κ1) is 25.0. The van der Waals surface area contributed by atoms with E-state index in [1.165, 1.54) is 6.42 Å². The summed E-state index contributed by atoms with van der Waals surface area (Å²) in [4.78, 5) is 39.4. The summed E-state index contributed by atoms with van der Waals surface area (Å²) in [7, 11) is 0. The number of benzene rings is 3. The van der Waals surface area contributed by atoms with Crippen LogP contribution in [-0.2, 0) is 4.79 Å². The number of carbonyl (C=O) groups excluding carboxylic acids is 3. The Morgan fingerprint density at radius 3 is 2.06 bits per heavy atom. The summed E-state index contributed by atoms with van der Waals surface area (Å²) in [5, 5.41) is 8.89. The monoisotopic (exact) mass is 484 g/mol. The van der Waals surface area contributed by atoms with Crippen LogP contribution in [-0.4, -0.2) is 42.3 Å². The van der Waals surface area contributed by atoms with Crippen LogP contribution in [0.5, 0.6) is 0 Å². The number of carbonyl (C=O) groups is 3. The molecule has 0 aliphatic carbocycles. The van der Waals surface area contributed by atoms with Crippen LogP contribution in [0.1, 0.15) is 58.5 Å². The molecule has 1 saturated heterocycles. The Kier molecular flexibility index (Phi) is 8.34. The van der Waals surface area contributed by atoms with Crippen molar-refractivity contribution in [1.29, 1.82) is 0 Å². The number of amides is 3. The van der Waals surface area contributed by atoms with Crippen molar-refractivity contribution >= 4 is 29.1 Å². The average Bonchev–Trinajstić information content (AvgIpc) is 2.93. The smallest absolute Gasteiger partial charge is 0.253 e. The molecule has 1 atom stereocenters. The molecule has 4 rings (SSSR count). The predicted octanol–water partition coefficient (Wildman–Crippen LogP) is 4.85. The fraction of sp³-hybridized carbons (Fsp3) is 0.276. The van der Waals surface area contributed by atoms with Crippen LogP contribution < -0.4 is 16.0 Å². The lowest BCUT2D eigenvalue weighted by Gasteiger charge is -2.26. The lowest BCUT2D eigenvalue weighted by Crippen LogP contribution is -2.35. The Bertz CT molecular complexity index is 1170. The normalized spacial score (nSPS) is 14.0. The maximum absolute atomic E-state index is 12.6. The van der Waals surface area contributed by atoms with E-state index in [1.807, 2.05) is 42.2 Å². The van der Waals surface area contributed by atoms with E-state index in [0.29, 0.717) is 16.8 Å². The Balaban J connectivity index is 1.23. The molecule has 3 aromatic rings. The lowest BCUT2D eigenvalue weighted by atomic mass is 10.1. The zero-order chi connectivity index (χ0) is 25.3. The maximum Gasteiger partial charge on any atom is 0.253 e. The van der Waals surface area contributed by atoms with E-state index in [1.54, 1.807) is 48.5 Å². The van der Waals surface area contributed by atoms with Crippen molar-refractivity contribution in [3.63, 3.8) is 0 Å². The highest BCUT2D eigenvalue weighted by molar-refractivity contribution is 5.97. The van der Waals surface area contributed by atoms with Crippen LogP contribution in [0.15, 0.2) is 78.9 Å². The standard InChI is InChI=1S/C29H32N4O3/c1-21(22-8-4-2-5-9-22)31-28(35)23-10-14-25(15-11-23)30-20-27(34)32-26-16-12-24(13-17-26)29(36)33-18-6-3-7-19-33/h2,4-5,8-17,21,30H,3,6-7,18-20H2,1H3,(H,31,35)(H,32,34). The van der Waals surface area contributed by atoms with Gasteiger partial charge in [0.1, 0.15) is 0 Å². The Morgan fingerprint density at radius 2 is 1.39 bits per heavy atom. The van der Waals surface area contributed by atoms with E-state index in [2.05, 4.69) is 16.0 Å². The predicted molar refractivity (Wildman–Crippen MR) is 142 cm³/mol. The van der Waals surface area contributed by atoms with Crippen molar-refractivity contribution in [2.45, 2.75) is 32.2 Å². The van der Waals surface area contributed by atoms with Gasteiger partial charge in [0.2, 0.25) is 5.91 Å². The quantitative estimate of drug-likeness (QED) is 0.426. The number of nitrogens with one attached hydrogen (secondary N) is 3. The van der Waals surface area contributed by atoms with E-state index in [4.69, 9.17) is 0 Å². The van der Waals surface area contributed by atoms with Crippen LogP contribution in [0, 0.1) is 0 Å². The summed E-state index contributed by atoms with van der Waals surface area (Å²) >= 11 is 0. The molecule has 1 fully saturated rings. The van der Waals surface area contributed by atoms with Crippen molar-refractivity contribution in [1.82, 2.24) is 10.2 Å². The summed E-state index contributed by atoms with van der Waals surface area (Å²) in [5.41, 5.74) is 3.59. The van der Waals surface area contributed by atoms with Crippen LogP contribution in [0.4, 0.5) is 11.4 Å². The van der Waals surface area contributed by atoms with E-state index < -0.39 is 0 Å². The first-order valence-electron chi connectivity index (χ1n) is 12.4. The molecule has 36 heavy (non-hydrogen) atoms. The van der Waals surface area contributed by atoms with Gasteiger partial charge in [0.25, 0.3) is 11.8 Å². The molecular formula is C29H32N4O3. The Labute approximate surface area is 211 Å². The molecule has 0 radical (unpaired) electrons. The van der Waals surface area contributed by atoms with Gasteiger partial charge in [0, 0.05) is 35.6 Å². The molecular weight excluding hydrogens is 452 g/mol. The van der Waals surface area contributed by atoms with Crippen LogP contribution >= 0.6 is 0 Å². The van der Waals surface area contributed by atoms with Gasteiger partial charge in [-0.05, 0) is 80.3 Å². The van der Waals surface area contributed by atoms with E-state index >= 15 is 0 Å². The molecule has 0 bridgehead atoms. The van der Waals surface area contributed by atoms with E-state index in [0.717, 1.165) is 37.2 Å². The van der Waals surface area contributed by atoms with Gasteiger partial charge in [-0.1, -0.05) is 30.3 Å². The van der Waals surface area contributed by atoms with Crippen molar-refractivity contribution in [2.75, 3.05) is 30.3 Å². The highest BCUT2D eigenvalue weighted by Crippen LogP contribution is 2.17. The van der Waals surface area contributed by atoms with Gasteiger partial charge < -0.3 is 20.9 Å². The summed E-state index contributed by atoms with van der Waals surface area (Å²) in [6.07, 6.45) is 3.28. The number of anilines is 2. The van der Waals surface area contributed by atoms with E-state index in [-0.39, 0.29) is 30.3 Å². The minimum atomic E-state index is -0.205. The fourth-order valence-electron chi connectivity index (χ4n) is 4.21. The zero-order valence-electron chi connectivity index (χ0n) is 20.5. The van der Waals surface area contributed by atoms with Gasteiger partial charge in [-0.3, -0.25) is 14.4 Å². The third-order valence-corrected chi connectivity index (χ3v) is 6.31. The highest BCUT2D eigenvalue weighted by atomic mass is 16.2. The van der Waals surface area contributed by atoms with Crippen molar-refractivity contribution < 1.29 is 14.4 Å². The molecule has 1 aliphatic heterocycles. The molecule has 3 N–H and O–H groups in total. The molecule has 186 valence electrons. The van der Waals surface area contributed by atoms with Crippen molar-refractivity contribution in [3.05, 3.63) is 95.6 Å². The molecule has 3 aromatic carbocycles.